The topological polar surface area (TPSA) is 42.0 Å². The number of pyridine rings is 1. The smallest absolute Gasteiger partial charge is 0.224 e. The summed E-state index contributed by atoms with van der Waals surface area (Å²) in [5.74, 6) is 0.0518. The van der Waals surface area contributed by atoms with Crippen LogP contribution in [0.3, 0.4) is 0 Å². The van der Waals surface area contributed by atoms with E-state index in [1.54, 1.807) is 6.20 Å². The molecule has 0 saturated heterocycles. The molecule has 0 spiro atoms. The minimum Gasteiger partial charge on any atom is -0.326 e. The number of nitrogens with one attached hydrogen (secondary N) is 1. The monoisotopic (exact) mass is 242 g/mol. The minimum atomic E-state index is 0.00481. The number of aromatic nitrogens is 1. The number of benzene rings is 1. The normalized spacial score (nSPS) is 11.5. The predicted octanol–water partition coefficient (Wildman–Crippen LogP) is 3.61. The summed E-state index contributed by atoms with van der Waals surface area (Å²) in [4.78, 5) is 15.9. The Morgan fingerprint density at radius 3 is 2.72 bits per heavy atom. The van der Waals surface area contributed by atoms with Crippen molar-refractivity contribution >= 4 is 22.4 Å². The fraction of sp³-hybridized carbons (Fsp3) is 0.333. The van der Waals surface area contributed by atoms with E-state index in [4.69, 9.17) is 0 Å². The Hall–Kier alpha value is -1.90. The Bertz CT molecular complexity index is 570. The van der Waals surface area contributed by atoms with Gasteiger partial charge in [0.2, 0.25) is 5.91 Å². The molecule has 2 aromatic rings. The second kappa shape index (κ2) is 4.77. The molecule has 1 heterocycles. The zero-order valence-corrected chi connectivity index (χ0v) is 11.0. The number of hydrogen-bond acceptors (Lipinski definition) is 2. The molecule has 0 unspecified atom stereocenters. The van der Waals surface area contributed by atoms with Crippen LogP contribution in [0, 0.1) is 5.41 Å². The average Bonchev–Trinajstić information content (AvgIpc) is 2.26. The van der Waals surface area contributed by atoms with E-state index in [-0.39, 0.29) is 11.3 Å². The van der Waals surface area contributed by atoms with Gasteiger partial charge in [0.1, 0.15) is 0 Å². The van der Waals surface area contributed by atoms with Crippen molar-refractivity contribution in [2.75, 3.05) is 5.32 Å². The Balaban J connectivity index is 2.15. The van der Waals surface area contributed by atoms with Crippen LogP contribution in [0.5, 0.6) is 0 Å². The van der Waals surface area contributed by atoms with Crippen molar-refractivity contribution in [2.45, 2.75) is 27.2 Å². The van der Waals surface area contributed by atoms with Gasteiger partial charge in [0.15, 0.2) is 0 Å². The maximum Gasteiger partial charge on any atom is 0.224 e. The molecule has 0 aliphatic rings. The lowest BCUT2D eigenvalue weighted by Gasteiger charge is -2.17. The molecule has 1 amide bonds. The van der Waals surface area contributed by atoms with E-state index >= 15 is 0 Å². The van der Waals surface area contributed by atoms with Gasteiger partial charge in [-0.25, -0.2) is 0 Å². The molecule has 1 aromatic carbocycles. The SMILES string of the molecule is CC(C)(C)CC(=O)Nc1ccc2cnccc2c1. The van der Waals surface area contributed by atoms with Crippen molar-refractivity contribution < 1.29 is 4.79 Å². The van der Waals surface area contributed by atoms with Gasteiger partial charge in [-0.1, -0.05) is 26.8 Å². The number of rotatable bonds is 2. The van der Waals surface area contributed by atoms with Gasteiger partial charge in [-0.15, -0.1) is 0 Å². The summed E-state index contributed by atoms with van der Waals surface area (Å²) in [5.41, 5.74) is 0.841. The number of fused-ring (bicyclic) bond motifs is 1. The summed E-state index contributed by atoms with van der Waals surface area (Å²) < 4.78 is 0. The van der Waals surface area contributed by atoms with Gasteiger partial charge in [0.05, 0.1) is 0 Å². The number of carbonyl (C=O) groups is 1. The van der Waals surface area contributed by atoms with Crippen LogP contribution in [-0.2, 0) is 4.79 Å². The molecule has 3 nitrogen and oxygen atoms in total. The molecule has 18 heavy (non-hydrogen) atoms. The third kappa shape index (κ3) is 3.29. The van der Waals surface area contributed by atoms with Crippen molar-refractivity contribution in [1.29, 1.82) is 0 Å². The van der Waals surface area contributed by atoms with E-state index < -0.39 is 0 Å². The summed E-state index contributed by atoms with van der Waals surface area (Å²) in [6, 6.07) is 7.78. The number of nitrogens with zero attached hydrogens (tertiary/aromatic N) is 1. The van der Waals surface area contributed by atoms with Crippen molar-refractivity contribution in [1.82, 2.24) is 4.98 Å². The maximum atomic E-state index is 11.8. The van der Waals surface area contributed by atoms with E-state index in [2.05, 4.69) is 31.1 Å². The standard InChI is InChI=1S/C15H18N2O/c1-15(2,3)9-14(18)17-13-5-4-12-10-16-7-6-11(12)8-13/h4-8,10H,9H2,1-3H3,(H,17,18). The highest BCUT2D eigenvalue weighted by Gasteiger charge is 2.15. The number of anilines is 1. The Morgan fingerprint density at radius 2 is 2.00 bits per heavy atom. The maximum absolute atomic E-state index is 11.8. The lowest BCUT2D eigenvalue weighted by Crippen LogP contribution is -2.19. The van der Waals surface area contributed by atoms with E-state index in [0.29, 0.717) is 6.42 Å². The molecular formula is C15H18N2O. The Labute approximate surface area is 107 Å². The fourth-order valence-electron chi connectivity index (χ4n) is 1.85. The quantitative estimate of drug-likeness (QED) is 0.874. The van der Waals surface area contributed by atoms with Crippen molar-refractivity contribution in [3.05, 3.63) is 36.7 Å². The summed E-state index contributed by atoms with van der Waals surface area (Å²) in [5, 5.41) is 5.09. The third-order valence-electron chi connectivity index (χ3n) is 2.62. The first-order chi connectivity index (χ1) is 8.44. The molecule has 0 saturated carbocycles. The highest BCUT2D eigenvalue weighted by atomic mass is 16.1. The molecule has 0 radical (unpaired) electrons. The zero-order valence-electron chi connectivity index (χ0n) is 11.0. The second-order valence-corrected chi connectivity index (χ2v) is 5.72. The van der Waals surface area contributed by atoms with Gasteiger partial charge in [-0.05, 0) is 29.0 Å². The van der Waals surface area contributed by atoms with Crippen LogP contribution in [0.1, 0.15) is 27.2 Å². The van der Waals surface area contributed by atoms with Crippen LogP contribution in [0.15, 0.2) is 36.7 Å². The van der Waals surface area contributed by atoms with Crippen molar-refractivity contribution in [2.24, 2.45) is 5.41 Å². The molecule has 1 N–H and O–H groups in total. The first-order valence-electron chi connectivity index (χ1n) is 6.08. The van der Waals surface area contributed by atoms with Crippen molar-refractivity contribution in [3.63, 3.8) is 0 Å². The highest BCUT2D eigenvalue weighted by Crippen LogP contribution is 2.21. The Morgan fingerprint density at radius 1 is 1.22 bits per heavy atom. The number of hydrogen-bond donors (Lipinski definition) is 1. The van der Waals surface area contributed by atoms with Crippen LogP contribution in [0.4, 0.5) is 5.69 Å². The van der Waals surface area contributed by atoms with Crippen LogP contribution in [0.2, 0.25) is 0 Å². The fourth-order valence-corrected chi connectivity index (χ4v) is 1.85. The summed E-state index contributed by atoms with van der Waals surface area (Å²) in [6.07, 6.45) is 4.08. The zero-order chi connectivity index (χ0) is 13.2. The summed E-state index contributed by atoms with van der Waals surface area (Å²) in [6.45, 7) is 6.16. The molecular weight excluding hydrogens is 224 g/mol. The van der Waals surface area contributed by atoms with Gasteiger partial charge in [0, 0.05) is 29.9 Å². The Kier molecular flexibility index (Phi) is 3.32. The van der Waals surface area contributed by atoms with Gasteiger partial charge >= 0.3 is 0 Å². The average molecular weight is 242 g/mol. The summed E-state index contributed by atoms with van der Waals surface area (Å²) in [7, 11) is 0. The molecule has 0 bridgehead atoms. The molecule has 3 heteroatoms. The highest BCUT2D eigenvalue weighted by molar-refractivity contribution is 5.94. The van der Waals surface area contributed by atoms with E-state index in [1.165, 1.54) is 0 Å². The lowest BCUT2D eigenvalue weighted by atomic mass is 9.92. The lowest BCUT2D eigenvalue weighted by molar-refractivity contribution is -0.117. The molecule has 94 valence electrons. The van der Waals surface area contributed by atoms with Gasteiger partial charge < -0.3 is 5.32 Å². The van der Waals surface area contributed by atoms with Crippen LogP contribution in [0.25, 0.3) is 10.8 Å². The molecule has 0 aliphatic carbocycles. The van der Waals surface area contributed by atoms with E-state index in [0.717, 1.165) is 16.5 Å². The van der Waals surface area contributed by atoms with Gasteiger partial charge in [-0.3, -0.25) is 9.78 Å². The van der Waals surface area contributed by atoms with Gasteiger partial charge in [0.25, 0.3) is 0 Å². The largest absolute Gasteiger partial charge is 0.326 e. The third-order valence-corrected chi connectivity index (χ3v) is 2.62. The van der Waals surface area contributed by atoms with Crippen LogP contribution >= 0.6 is 0 Å². The van der Waals surface area contributed by atoms with Crippen molar-refractivity contribution in [3.8, 4) is 0 Å². The first-order valence-corrected chi connectivity index (χ1v) is 6.08. The molecule has 0 atom stereocenters. The minimum absolute atomic E-state index is 0.00481. The second-order valence-electron chi connectivity index (χ2n) is 5.72. The first kappa shape index (κ1) is 12.6. The number of amides is 1. The van der Waals surface area contributed by atoms with Gasteiger partial charge in [-0.2, -0.15) is 0 Å². The molecule has 2 rings (SSSR count). The van der Waals surface area contributed by atoms with E-state index in [1.807, 2.05) is 30.5 Å². The van der Waals surface area contributed by atoms with Crippen LogP contribution in [-0.4, -0.2) is 10.9 Å². The molecule has 0 fully saturated rings. The predicted molar refractivity (Wildman–Crippen MR) is 74.4 cm³/mol. The summed E-state index contributed by atoms with van der Waals surface area (Å²) >= 11 is 0. The molecule has 1 aromatic heterocycles. The number of carbonyl (C=O) groups excluding carboxylic acids is 1. The van der Waals surface area contributed by atoms with E-state index in [9.17, 15) is 4.79 Å². The van der Waals surface area contributed by atoms with Crippen LogP contribution < -0.4 is 5.32 Å². The molecule has 0 aliphatic heterocycles.